The van der Waals surface area contributed by atoms with E-state index in [2.05, 4.69) is 26.5 Å². The lowest BCUT2D eigenvalue weighted by molar-refractivity contribution is 0.0954. The molecule has 0 saturated heterocycles. The normalized spacial score (nSPS) is 10.5. The van der Waals surface area contributed by atoms with Crippen molar-refractivity contribution in [2.24, 2.45) is 5.10 Å². The molecule has 6 nitrogen and oxygen atoms in total. The number of hydrogen-bond donors (Lipinski definition) is 1. The maximum Gasteiger partial charge on any atom is 0.272 e. The van der Waals surface area contributed by atoms with Crippen molar-refractivity contribution in [3.63, 3.8) is 0 Å². The lowest BCUT2D eigenvalue weighted by atomic mass is 10.2. The summed E-state index contributed by atoms with van der Waals surface area (Å²) in [7, 11) is 4.62. The zero-order chi connectivity index (χ0) is 17.5. The highest BCUT2D eigenvalue weighted by molar-refractivity contribution is 9.10. The van der Waals surface area contributed by atoms with Crippen molar-refractivity contribution in [1.82, 2.24) is 5.43 Å². The van der Waals surface area contributed by atoms with Crippen LogP contribution in [0.25, 0.3) is 0 Å². The van der Waals surface area contributed by atoms with Crippen LogP contribution in [-0.4, -0.2) is 33.5 Å². The summed E-state index contributed by atoms with van der Waals surface area (Å²) >= 11 is 3.33. The number of amides is 1. The van der Waals surface area contributed by atoms with Gasteiger partial charge in [-0.25, -0.2) is 5.43 Å². The van der Waals surface area contributed by atoms with Crippen LogP contribution < -0.4 is 19.6 Å². The molecule has 0 aromatic heterocycles. The minimum atomic E-state index is -0.329. The molecule has 0 saturated carbocycles. The molecule has 0 radical (unpaired) electrons. The second-order valence-electron chi connectivity index (χ2n) is 4.62. The van der Waals surface area contributed by atoms with Gasteiger partial charge in [0, 0.05) is 16.6 Å². The molecule has 1 amide bonds. The summed E-state index contributed by atoms with van der Waals surface area (Å²) in [4.78, 5) is 12.1. The number of nitrogens with zero attached hydrogens (tertiary/aromatic N) is 1. The Kier molecular flexibility index (Phi) is 6.20. The molecule has 0 aliphatic carbocycles. The smallest absolute Gasteiger partial charge is 0.272 e. The summed E-state index contributed by atoms with van der Waals surface area (Å²) in [6.07, 6.45) is 1.46. The van der Waals surface area contributed by atoms with Crippen molar-refractivity contribution in [2.45, 2.75) is 0 Å². The number of halogens is 1. The van der Waals surface area contributed by atoms with Crippen LogP contribution in [0.1, 0.15) is 15.9 Å². The minimum absolute atomic E-state index is 0.329. The number of ether oxygens (including phenoxy) is 3. The molecule has 126 valence electrons. The van der Waals surface area contributed by atoms with Crippen molar-refractivity contribution in [3.8, 4) is 17.2 Å². The SMILES string of the molecule is COc1cc(OC)c(/C=N\NC(=O)c2ccccc2Br)c(OC)c1. The Morgan fingerprint density at radius 3 is 2.25 bits per heavy atom. The van der Waals surface area contributed by atoms with Gasteiger partial charge in [0.1, 0.15) is 17.2 Å². The Morgan fingerprint density at radius 1 is 1.08 bits per heavy atom. The second-order valence-corrected chi connectivity index (χ2v) is 5.48. The molecular formula is C17H17BrN2O4. The van der Waals surface area contributed by atoms with Crippen LogP contribution >= 0.6 is 15.9 Å². The van der Waals surface area contributed by atoms with E-state index in [9.17, 15) is 4.79 Å². The molecule has 24 heavy (non-hydrogen) atoms. The van der Waals surface area contributed by atoms with E-state index in [4.69, 9.17) is 14.2 Å². The molecule has 7 heteroatoms. The fourth-order valence-electron chi connectivity index (χ4n) is 2.02. The van der Waals surface area contributed by atoms with E-state index in [-0.39, 0.29) is 5.91 Å². The molecular weight excluding hydrogens is 376 g/mol. The largest absolute Gasteiger partial charge is 0.496 e. The van der Waals surface area contributed by atoms with Crippen LogP contribution in [0, 0.1) is 0 Å². The van der Waals surface area contributed by atoms with Crippen LogP contribution in [0.15, 0.2) is 46.0 Å². The van der Waals surface area contributed by atoms with E-state index in [1.165, 1.54) is 20.4 Å². The number of rotatable bonds is 6. The lowest BCUT2D eigenvalue weighted by Crippen LogP contribution is -2.18. The zero-order valence-electron chi connectivity index (χ0n) is 13.5. The van der Waals surface area contributed by atoms with Crippen molar-refractivity contribution in [1.29, 1.82) is 0 Å². The molecule has 0 spiro atoms. The number of hydrazone groups is 1. The van der Waals surface area contributed by atoms with Crippen LogP contribution in [-0.2, 0) is 0 Å². The van der Waals surface area contributed by atoms with E-state index >= 15 is 0 Å². The summed E-state index contributed by atoms with van der Waals surface area (Å²) in [5, 5.41) is 3.99. The van der Waals surface area contributed by atoms with Crippen LogP contribution in [0.3, 0.4) is 0 Å². The average molecular weight is 393 g/mol. The van der Waals surface area contributed by atoms with Gasteiger partial charge in [-0.1, -0.05) is 12.1 Å². The van der Waals surface area contributed by atoms with Gasteiger partial charge in [-0.05, 0) is 28.1 Å². The molecule has 1 N–H and O–H groups in total. The third-order valence-electron chi connectivity index (χ3n) is 3.23. The van der Waals surface area contributed by atoms with E-state index in [0.29, 0.717) is 32.8 Å². The molecule has 0 aliphatic rings. The maximum atomic E-state index is 12.1. The van der Waals surface area contributed by atoms with Gasteiger partial charge in [-0.15, -0.1) is 0 Å². The summed E-state index contributed by atoms with van der Waals surface area (Å²) in [5.74, 6) is 1.30. The Morgan fingerprint density at radius 2 is 1.71 bits per heavy atom. The van der Waals surface area contributed by atoms with Gasteiger partial charge >= 0.3 is 0 Å². The predicted molar refractivity (Wildman–Crippen MR) is 95.3 cm³/mol. The molecule has 2 rings (SSSR count). The Bertz CT molecular complexity index is 737. The van der Waals surface area contributed by atoms with Gasteiger partial charge < -0.3 is 14.2 Å². The third kappa shape index (κ3) is 4.05. The molecule has 0 unspecified atom stereocenters. The number of hydrogen-bond acceptors (Lipinski definition) is 5. The van der Waals surface area contributed by atoms with Crippen molar-refractivity contribution in [3.05, 3.63) is 52.0 Å². The molecule has 0 heterocycles. The van der Waals surface area contributed by atoms with Gasteiger partial charge in [0.2, 0.25) is 0 Å². The Labute approximate surface area is 148 Å². The quantitative estimate of drug-likeness (QED) is 0.605. The first-order chi connectivity index (χ1) is 11.6. The van der Waals surface area contributed by atoms with E-state index < -0.39 is 0 Å². The molecule has 0 aliphatic heterocycles. The molecule has 2 aromatic rings. The van der Waals surface area contributed by atoms with E-state index in [1.54, 1.807) is 37.4 Å². The highest BCUT2D eigenvalue weighted by atomic mass is 79.9. The van der Waals surface area contributed by atoms with Crippen molar-refractivity contribution >= 4 is 28.1 Å². The van der Waals surface area contributed by atoms with Crippen LogP contribution in [0.4, 0.5) is 0 Å². The molecule has 0 atom stereocenters. The number of carbonyl (C=O) groups excluding carboxylic acids is 1. The summed E-state index contributed by atoms with van der Waals surface area (Å²) in [6.45, 7) is 0. The fraction of sp³-hybridized carbons (Fsp3) is 0.176. The number of nitrogens with one attached hydrogen (secondary N) is 1. The lowest BCUT2D eigenvalue weighted by Gasteiger charge is -2.12. The second kappa shape index (κ2) is 8.35. The maximum absolute atomic E-state index is 12.1. The minimum Gasteiger partial charge on any atom is -0.496 e. The average Bonchev–Trinajstić information content (AvgIpc) is 2.61. The fourth-order valence-corrected chi connectivity index (χ4v) is 2.49. The topological polar surface area (TPSA) is 69.2 Å². The van der Waals surface area contributed by atoms with Gasteiger partial charge in [0.25, 0.3) is 5.91 Å². The van der Waals surface area contributed by atoms with Gasteiger partial charge in [-0.2, -0.15) is 5.10 Å². The predicted octanol–water partition coefficient (Wildman–Crippen LogP) is 3.24. The number of methoxy groups -OCH3 is 3. The molecule has 0 bridgehead atoms. The number of benzene rings is 2. The van der Waals surface area contributed by atoms with Gasteiger partial charge in [0.05, 0.1) is 38.7 Å². The van der Waals surface area contributed by atoms with Crippen molar-refractivity contribution < 1.29 is 19.0 Å². The third-order valence-corrected chi connectivity index (χ3v) is 3.92. The van der Waals surface area contributed by atoms with Crippen LogP contribution in [0.5, 0.6) is 17.2 Å². The first kappa shape index (κ1) is 17.8. The standard InChI is InChI=1S/C17H17BrN2O4/c1-22-11-8-15(23-2)13(16(9-11)24-3)10-19-20-17(21)12-6-4-5-7-14(12)18/h4-10H,1-3H3,(H,20,21)/b19-10-. The highest BCUT2D eigenvalue weighted by Gasteiger charge is 2.12. The monoisotopic (exact) mass is 392 g/mol. The number of carbonyl (C=O) groups is 1. The Hall–Kier alpha value is -2.54. The van der Waals surface area contributed by atoms with Crippen molar-refractivity contribution in [2.75, 3.05) is 21.3 Å². The summed E-state index contributed by atoms with van der Waals surface area (Å²) < 4.78 is 16.5. The first-order valence-corrected chi connectivity index (χ1v) is 7.78. The van der Waals surface area contributed by atoms with E-state index in [1.807, 2.05) is 6.07 Å². The Balaban J connectivity index is 2.23. The van der Waals surface area contributed by atoms with Gasteiger partial charge in [0.15, 0.2) is 0 Å². The molecule has 0 fully saturated rings. The summed E-state index contributed by atoms with van der Waals surface area (Å²) in [5.41, 5.74) is 3.56. The van der Waals surface area contributed by atoms with Gasteiger partial charge in [-0.3, -0.25) is 4.79 Å². The highest BCUT2D eigenvalue weighted by Crippen LogP contribution is 2.32. The zero-order valence-corrected chi connectivity index (χ0v) is 15.1. The summed E-state index contributed by atoms with van der Waals surface area (Å²) in [6, 6.07) is 10.5. The first-order valence-electron chi connectivity index (χ1n) is 6.98. The van der Waals surface area contributed by atoms with E-state index in [0.717, 1.165) is 0 Å². The molecule has 2 aromatic carbocycles. The van der Waals surface area contributed by atoms with Crippen LogP contribution in [0.2, 0.25) is 0 Å².